The highest BCUT2D eigenvalue weighted by atomic mass is 16.4. The molecule has 98 valence electrons. The number of hydrogen-bond donors (Lipinski definition) is 2. The van der Waals surface area contributed by atoms with Gasteiger partial charge in [-0.2, -0.15) is 0 Å². The standard InChI is InChI=1S/C13H14N4O2/c18-13(19)6-5-12-14-7-9-3-1-2-4-10(9)11-8-15-16-17(11)12/h1-4,8,12,14H,5-7H2,(H,18,19). The maximum absolute atomic E-state index is 10.7. The molecule has 1 unspecified atom stereocenters. The summed E-state index contributed by atoms with van der Waals surface area (Å²) in [4.78, 5) is 10.7. The van der Waals surface area contributed by atoms with E-state index in [1.165, 1.54) is 5.56 Å². The number of nitrogens with one attached hydrogen (secondary N) is 1. The summed E-state index contributed by atoms with van der Waals surface area (Å²) in [5.74, 6) is -0.801. The first-order valence-electron chi connectivity index (χ1n) is 6.19. The molecule has 6 heteroatoms. The lowest BCUT2D eigenvalue weighted by Crippen LogP contribution is -2.26. The maximum Gasteiger partial charge on any atom is 0.303 e. The number of carboxylic acids is 1. The number of benzene rings is 1. The van der Waals surface area contributed by atoms with Gasteiger partial charge in [0.25, 0.3) is 0 Å². The molecule has 2 aromatic rings. The molecule has 0 saturated heterocycles. The van der Waals surface area contributed by atoms with E-state index < -0.39 is 5.97 Å². The predicted octanol–water partition coefficient (Wildman–Crippen LogP) is 1.41. The maximum atomic E-state index is 10.7. The van der Waals surface area contributed by atoms with Gasteiger partial charge in [-0.3, -0.25) is 10.1 Å². The Balaban J connectivity index is 1.97. The van der Waals surface area contributed by atoms with Gasteiger partial charge >= 0.3 is 5.97 Å². The van der Waals surface area contributed by atoms with Crippen LogP contribution >= 0.6 is 0 Å². The highest BCUT2D eigenvalue weighted by Gasteiger charge is 2.22. The number of nitrogens with zero attached hydrogens (tertiary/aromatic N) is 3. The van der Waals surface area contributed by atoms with Crippen molar-refractivity contribution in [2.24, 2.45) is 0 Å². The zero-order valence-electron chi connectivity index (χ0n) is 10.3. The molecule has 1 atom stereocenters. The molecule has 1 aliphatic heterocycles. The van der Waals surface area contributed by atoms with Gasteiger partial charge in [-0.05, 0) is 12.0 Å². The molecule has 0 spiro atoms. The summed E-state index contributed by atoms with van der Waals surface area (Å²) in [7, 11) is 0. The van der Waals surface area contributed by atoms with Crippen molar-refractivity contribution in [3.05, 3.63) is 36.0 Å². The summed E-state index contributed by atoms with van der Waals surface area (Å²) in [6.45, 7) is 0.698. The molecule has 2 heterocycles. The monoisotopic (exact) mass is 258 g/mol. The fourth-order valence-corrected chi connectivity index (χ4v) is 2.39. The second-order valence-corrected chi connectivity index (χ2v) is 4.55. The van der Waals surface area contributed by atoms with Crippen molar-refractivity contribution >= 4 is 5.97 Å². The number of carboxylic acid groups (broad SMARTS) is 1. The Morgan fingerprint density at radius 2 is 2.32 bits per heavy atom. The number of aliphatic carboxylic acids is 1. The van der Waals surface area contributed by atoms with Crippen LogP contribution in [-0.2, 0) is 11.3 Å². The van der Waals surface area contributed by atoms with Crippen molar-refractivity contribution in [3.63, 3.8) is 0 Å². The third-order valence-corrected chi connectivity index (χ3v) is 3.32. The van der Waals surface area contributed by atoms with Crippen molar-refractivity contribution in [2.45, 2.75) is 25.6 Å². The molecule has 0 amide bonds. The second-order valence-electron chi connectivity index (χ2n) is 4.55. The summed E-state index contributed by atoms with van der Waals surface area (Å²) in [6, 6.07) is 8.06. The number of carbonyl (C=O) groups is 1. The molecule has 0 radical (unpaired) electrons. The third-order valence-electron chi connectivity index (χ3n) is 3.32. The van der Waals surface area contributed by atoms with Crippen LogP contribution in [0.1, 0.15) is 24.6 Å². The van der Waals surface area contributed by atoms with Crippen molar-refractivity contribution in [1.29, 1.82) is 0 Å². The van der Waals surface area contributed by atoms with Crippen LogP contribution in [0.25, 0.3) is 11.3 Å². The molecule has 1 aromatic heterocycles. The van der Waals surface area contributed by atoms with E-state index in [4.69, 9.17) is 5.11 Å². The Bertz CT molecular complexity index is 608. The van der Waals surface area contributed by atoms with Crippen LogP contribution in [0.5, 0.6) is 0 Å². The van der Waals surface area contributed by atoms with E-state index in [-0.39, 0.29) is 12.6 Å². The van der Waals surface area contributed by atoms with E-state index in [1.54, 1.807) is 10.9 Å². The van der Waals surface area contributed by atoms with Gasteiger partial charge in [-0.25, -0.2) is 4.68 Å². The van der Waals surface area contributed by atoms with Crippen LogP contribution in [-0.4, -0.2) is 26.1 Å². The van der Waals surface area contributed by atoms with E-state index in [0.29, 0.717) is 13.0 Å². The first-order valence-corrected chi connectivity index (χ1v) is 6.19. The summed E-state index contributed by atoms with van der Waals surface area (Å²) in [6.07, 6.45) is 2.17. The molecular weight excluding hydrogens is 244 g/mol. The fourth-order valence-electron chi connectivity index (χ4n) is 2.39. The van der Waals surface area contributed by atoms with Gasteiger partial charge in [-0.15, -0.1) is 5.10 Å². The molecule has 1 aromatic carbocycles. The zero-order valence-corrected chi connectivity index (χ0v) is 10.3. The normalized spacial score (nSPS) is 17.4. The largest absolute Gasteiger partial charge is 0.481 e. The lowest BCUT2D eigenvalue weighted by molar-refractivity contribution is -0.137. The lowest BCUT2D eigenvalue weighted by Gasteiger charge is -2.16. The number of hydrogen-bond acceptors (Lipinski definition) is 4. The van der Waals surface area contributed by atoms with Crippen LogP contribution in [0.4, 0.5) is 0 Å². The minimum Gasteiger partial charge on any atom is -0.481 e. The Morgan fingerprint density at radius 3 is 3.16 bits per heavy atom. The molecule has 0 bridgehead atoms. The number of aromatic nitrogens is 3. The number of fused-ring (bicyclic) bond motifs is 3. The Hall–Kier alpha value is -2.21. The lowest BCUT2D eigenvalue weighted by atomic mass is 10.1. The minimum absolute atomic E-state index is 0.104. The average Bonchev–Trinajstić information content (AvgIpc) is 2.83. The second kappa shape index (κ2) is 4.81. The van der Waals surface area contributed by atoms with Crippen LogP contribution in [0.3, 0.4) is 0 Å². The smallest absolute Gasteiger partial charge is 0.303 e. The van der Waals surface area contributed by atoms with Crippen LogP contribution in [0.2, 0.25) is 0 Å². The highest BCUT2D eigenvalue weighted by Crippen LogP contribution is 2.28. The first kappa shape index (κ1) is 11.9. The van der Waals surface area contributed by atoms with Gasteiger partial charge in [0.05, 0.1) is 11.9 Å². The van der Waals surface area contributed by atoms with Crippen LogP contribution < -0.4 is 5.32 Å². The van der Waals surface area contributed by atoms with Crippen LogP contribution in [0, 0.1) is 0 Å². The van der Waals surface area contributed by atoms with Crippen molar-refractivity contribution in [3.8, 4) is 11.3 Å². The molecular formula is C13H14N4O2. The molecule has 0 aliphatic carbocycles. The van der Waals surface area contributed by atoms with E-state index in [2.05, 4.69) is 21.7 Å². The SMILES string of the molecule is O=C(O)CCC1NCc2ccccc2-c2cnnn21. The summed E-state index contributed by atoms with van der Waals surface area (Å²) in [5, 5.41) is 20.2. The van der Waals surface area contributed by atoms with Gasteiger partial charge in [-0.1, -0.05) is 29.5 Å². The summed E-state index contributed by atoms with van der Waals surface area (Å²) < 4.78 is 1.77. The van der Waals surface area contributed by atoms with Crippen LogP contribution in [0.15, 0.2) is 30.5 Å². The molecule has 6 nitrogen and oxygen atoms in total. The van der Waals surface area contributed by atoms with E-state index >= 15 is 0 Å². The summed E-state index contributed by atoms with van der Waals surface area (Å²) in [5.41, 5.74) is 3.19. The van der Waals surface area contributed by atoms with Gasteiger partial charge in [0.15, 0.2) is 0 Å². The van der Waals surface area contributed by atoms with E-state index in [1.807, 2.05) is 18.2 Å². The molecule has 19 heavy (non-hydrogen) atoms. The van der Waals surface area contributed by atoms with Crippen molar-refractivity contribution in [1.82, 2.24) is 20.3 Å². The third kappa shape index (κ3) is 2.22. The van der Waals surface area contributed by atoms with Crippen molar-refractivity contribution < 1.29 is 9.90 Å². The predicted molar refractivity (Wildman–Crippen MR) is 68.2 cm³/mol. The minimum atomic E-state index is -0.801. The number of rotatable bonds is 3. The van der Waals surface area contributed by atoms with E-state index in [9.17, 15) is 4.79 Å². The van der Waals surface area contributed by atoms with E-state index in [0.717, 1.165) is 11.3 Å². The molecule has 1 aliphatic rings. The molecule has 2 N–H and O–H groups in total. The summed E-state index contributed by atoms with van der Waals surface area (Å²) >= 11 is 0. The first-order chi connectivity index (χ1) is 9.25. The highest BCUT2D eigenvalue weighted by molar-refractivity contribution is 5.67. The van der Waals surface area contributed by atoms with Gasteiger partial charge in [0.2, 0.25) is 0 Å². The van der Waals surface area contributed by atoms with Gasteiger partial charge in [0.1, 0.15) is 6.17 Å². The Kier molecular flexibility index (Phi) is 3.00. The van der Waals surface area contributed by atoms with Gasteiger partial charge in [0, 0.05) is 18.5 Å². The van der Waals surface area contributed by atoms with Gasteiger partial charge < -0.3 is 5.11 Å². The topological polar surface area (TPSA) is 80.0 Å². The zero-order chi connectivity index (χ0) is 13.2. The quantitative estimate of drug-likeness (QED) is 0.870. The average molecular weight is 258 g/mol. The fraction of sp³-hybridized carbons (Fsp3) is 0.308. The molecule has 3 rings (SSSR count). The van der Waals surface area contributed by atoms with Crippen molar-refractivity contribution in [2.75, 3.05) is 0 Å². The Morgan fingerprint density at radius 1 is 1.47 bits per heavy atom. The molecule has 0 saturated carbocycles. The Labute approximate surface area is 110 Å². The molecule has 0 fully saturated rings.